The third kappa shape index (κ3) is 3.56. The molecule has 0 fully saturated rings. The number of nitrogens with two attached hydrogens (primary N) is 1. The summed E-state index contributed by atoms with van der Waals surface area (Å²) in [6.45, 7) is 1.59. The number of benzene rings is 2. The van der Waals surface area contributed by atoms with Crippen LogP contribution in [0.25, 0.3) is 0 Å². The lowest BCUT2D eigenvalue weighted by atomic mass is 10.1. The van der Waals surface area contributed by atoms with Gasteiger partial charge < -0.3 is 16.4 Å². The second-order valence-corrected chi connectivity index (χ2v) is 4.46. The molecule has 0 saturated heterocycles. The maximum absolute atomic E-state index is 13.8. The zero-order valence-electron chi connectivity index (χ0n) is 11.3. The number of halogens is 1. The highest BCUT2D eigenvalue weighted by Crippen LogP contribution is 2.17. The Morgan fingerprint density at radius 1 is 1.00 bits per heavy atom. The molecule has 5 nitrogen and oxygen atoms in total. The van der Waals surface area contributed by atoms with Gasteiger partial charge in [-0.2, -0.15) is 0 Å². The normalized spacial score (nSPS) is 10.0. The third-order valence-electron chi connectivity index (χ3n) is 2.85. The van der Waals surface area contributed by atoms with Gasteiger partial charge >= 0.3 is 6.03 Å². The lowest BCUT2D eigenvalue weighted by Crippen LogP contribution is -2.19. The van der Waals surface area contributed by atoms with Gasteiger partial charge in [0.1, 0.15) is 5.82 Å². The van der Waals surface area contributed by atoms with Crippen LogP contribution in [0.1, 0.15) is 15.9 Å². The lowest BCUT2D eigenvalue weighted by Gasteiger charge is -2.08. The second-order valence-electron chi connectivity index (χ2n) is 4.46. The van der Waals surface area contributed by atoms with E-state index in [2.05, 4.69) is 10.6 Å². The Morgan fingerprint density at radius 3 is 2.14 bits per heavy atom. The van der Waals surface area contributed by atoms with Crippen molar-refractivity contribution in [2.24, 2.45) is 5.73 Å². The highest BCUT2D eigenvalue weighted by atomic mass is 19.1. The average molecular weight is 287 g/mol. The molecule has 0 radical (unpaired) electrons. The van der Waals surface area contributed by atoms with Crippen LogP contribution in [-0.4, -0.2) is 11.9 Å². The Morgan fingerprint density at radius 2 is 1.57 bits per heavy atom. The van der Waals surface area contributed by atoms with Crippen LogP contribution >= 0.6 is 0 Å². The van der Waals surface area contributed by atoms with Gasteiger partial charge in [-0.25, -0.2) is 9.18 Å². The van der Waals surface area contributed by atoms with Crippen molar-refractivity contribution in [3.8, 4) is 0 Å². The first-order chi connectivity index (χ1) is 9.97. The minimum absolute atomic E-state index is 0.0191. The molecule has 6 heteroatoms. The van der Waals surface area contributed by atoms with E-state index in [1.807, 2.05) is 0 Å². The second kappa shape index (κ2) is 6.04. The molecule has 2 rings (SSSR count). The summed E-state index contributed by atoms with van der Waals surface area (Å²) in [5.74, 6) is -1.08. The van der Waals surface area contributed by atoms with Gasteiger partial charge in [-0.05, 0) is 42.8 Å². The predicted octanol–water partition coefficient (Wildman–Crippen LogP) is 2.88. The Bertz CT molecular complexity index is 684. The third-order valence-corrected chi connectivity index (χ3v) is 2.85. The maximum Gasteiger partial charge on any atom is 0.316 e. The molecule has 0 heterocycles. The molecule has 108 valence electrons. The Kier molecular flexibility index (Phi) is 4.18. The standard InChI is InChI=1S/C15H14FN3O2/c1-9-3-2-4-12(13(9)16)14(20)18-10-5-7-11(8-6-10)19-15(17)21/h2-8H,1H3,(H,18,20)(H3,17,19,21). The van der Waals surface area contributed by atoms with E-state index in [9.17, 15) is 14.0 Å². The Balaban J connectivity index is 2.12. The summed E-state index contributed by atoms with van der Waals surface area (Å²) in [5.41, 5.74) is 6.36. The average Bonchev–Trinajstić information content (AvgIpc) is 2.43. The summed E-state index contributed by atoms with van der Waals surface area (Å²) in [5, 5.41) is 4.98. The lowest BCUT2D eigenvalue weighted by molar-refractivity contribution is 0.102. The molecule has 0 saturated carbocycles. The van der Waals surface area contributed by atoms with Crippen molar-refractivity contribution < 1.29 is 14.0 Å². The molecule has 0 spiro atoms. The van der Waals surface area contributed by atoms with E-state index in [1.165, 1.54) is 6.07 Å². The number of primary amides is 1. The summed E-state index contributed by atoms with van der Waals surface area (Å²) < 4.78 is 13.8. The number of hydrogen-bond donors (Lipinski definition) is 3. The van der Waals surface area contributed by atoms with Crippen LogP contribution in [0.4, 0.5) is 20.6 Å². The quantitative estimate of drug-likeness (QED) is 0.811. The van der Waals surface area contributed by atoms with Crippen LogP contribution in [0, 0.1) is 12.7 Å². The number of anilines is 2. The first-order valence-corrected chi connectivity index (χ1v) is 6.20. The summed E-state index contributed by atoms with van der Waals surface area (Å²) in [4.78, 5) is 22.7. The van der Waals surface area contributed by atoms with Crippen LogP contribution in [0.3, 0.4) is 0 Å². The Labute approximate surface area is 121 Å². The van der Waals surface area contributed by atoms with E-state index >= 15 is 0 Å². The van der Waals surface area contributed by atoms with Gasteiger partial charge in [0.25, 0.3) is 5.91 Å². The van der Waals surface area contributed by atoms with Gasteiger partial charge in [-0.3, -0.25) is 4.79 Å². The highest BCUT2D eigenvalue weighted by molar-refractivity contribution is 6.04. The molecule has 2 aromatic rings. The van der Waals surface area contributed by atoms with E-state index in [0.29, 0.717) is 16.9 Å². The molecule has 0 unspecified atom stereocenters. The van der Waals surface area contributed by atoms with Gasteiger partial charge in [-0.15, -0.1) is 0 Å². The highest BCUT2D eigenvalue weighted by Gasteiger charge is 2.13. The molecule has 3 amide bonds. The van der Waals surface area contributed by atoms with Crippen LogP contribution in [0.2, 0.25) is 0 Å². The van der Waals surface area contributed by atoms with Crippen molar-refractivity contribution in [2.75, 3.05) is 10.6 Å². The molecule has 2 aromatic carbocycles. The van der Waals surface area contributed by atoms with Crippen LogP contribution in [0.5, 0.6) is 0 Å². The Hall–Kier alpha value is -2.89. The van der Waals surface area contributed by atoms with E-state index in [-0.39, 0.29) is 5.56 Å². The van der Waals surface area contributed by atoms with E-state index in [0.717, 1.165) is 0 Å². The number of amides is 3. The summed E-state index contributed by atoms with van der Waals surface area (Å²) in [6.07, 6.45) is 0. The van der Waals surface area contributed by atoms with Crippen molar-refractivity contribution in [3.05, 3.63) is 59.4 Å². The molecule has 21 heavy (non-hydrogen) atoms. The van der Waals surface area contributed by atoms with Crippen molar-refractivity contribution in [1.29, 1.82) is 0 Å². The fourth-order valence-electron chi connectivity index (χ4n) is 1.80. The topological polar surface area (TPSA) is 84.2 Å². The van der Waals surface area contributed by atoms with Crippen LogP contribution < -0.4 is 16.4 Å². The van der Waals surface area contributed by atoms with Crippen molar-refractivity contribution in [3.63, 3.8) is 0 Å². The first kappa shape index (κ1) is 14.5. The largest absolute Gasteiger partial charge is 0.351 e. The minimum Gasteiger partial charge on any atom is -0.351 e. The van der Waals surface area contributed by atoms with E-state index < -0.39 is 17.8 Å². The van der Waals surface area contributed by atoms with Gasteiger partial charge in [-0.1, -0.05) is 12.1 Å². The number of hydrogen-bond acceptors (Lipinski definition) is 2. The van der Waals surface area contributed by atoms with Crippen molar-refractivity contribution >= 4 is 23.3 Å². The maximum atomic E-state index is 13.8. The molecule has 0 atom stereocenters. The van der Waals surface area contributed by atoms with Crippen LogP contribution in [-0.2, 0) is 0 Å². The summed E-state index contributed by atoms with van der Waals surface area (Å²) in [6, 6.07) is 10.3. The molecule has 4 N–H and O–H groups in total. The molecule has 0 aliphatic heterocycles. The van der Waals surface area contributed by atoms with Gasteiger partial charge in [0.2, 0.25) is 0 Å². The first-order valence-electron chi connectivity index (χ1n) is 6.20. The van der Waals surface area contributed by atoms with Gasteiger partial charge in [0.15, 0.2) is 0 Å². The summed E-state index contributed by atoms with van der Waals surface area (Å²) in [7, 11) is 0. The van der Waals surface area contributed by atoms with Crippen molar-refractivity contribution in [2.45, 2.75) is 6.92 Å². The zero-order chi connectivity index (χ0) is 15.4. The van der Waals surface area contributed by atoms with Gasteiger partial charge in [0, 0.05) is 11.4 Å². The monoisotopic (exact) mass is 287 g/mol. The molecular formula is C15H14FN3O2. The number of urea groups is 1. The summed E-state index contributed by atoms with van der Waals surface area (Å²) >= 11 is 0. The minimum atomic E-state index is -0.673. The van der Waals surface area contributed by atoms with Crippen LogP contribution in [0.15, 0.2) is 42.5 Å². The fraction of sp³-hybridized carbons (Fsp3) is 0.0667. The molecule has 0 aromatic heterocycles. The number of rotatable bonds is 3. The fourth-order valence-corrected chi connectivity index (χ4v) is 1.80. The molecule has 0 bridgehead atoms. The van der Waals surface area contributed by atoms with Gasteiger partial charge in [0.05, 0.1) is 5.56 Å². The SMILES string of the molecule is Cc1cccc(C(=O)Nc2ccc(NC(N)=O)cc2)c1F. The smallest absolute Gasteiger partial charge is 0.316 e. The molecule has 0 aliphatic carbocycles. The molecular weight excluding hydrogens is 273 g/mol. The van der Waals surface area contributed by atoms with Crippen molar-refractivity contribution in [1.82, 2.24) is 0 Å². The zero-order valence-corrected chi connectivity index (χ0v) is 11.3. The predicted molar refractivity (Wildman–Crippen MR) is 78.7 cm³/mol. The number of carbonyl (C=O) groups excluding carboxylic acids is 2. The number of nitrogens with one attached hydrogen (secondary N) is 2. The number of carbonyl (C=O) groups is 2. The van der Waals surface area contributed by atoms with E-state index in [1.54, 1.807) is 43.3 Å². The number of aryl methyl sites for hydroxylation is 1. The van der Waals surface area contributed by atoms with E-state index in [4.69, 9.17) is 5.73 Å². The molecule has 0 aliphatic rings.